The Balaban J connectivity index is 2.04. The minimum absolute atomic E-state index is 0.0355. The molecule has 0 radical (unpaired) electrons. The molecule has 21 heavy (non-hydrogen) atoms. The van der Waals surface area contributed by atoms with Gasteiger partial charge in [0.15, 0.2) is 0 Å². The highest BCUT2D eigenvalue weighted by atomic mass is 127. The first-order valence-electron chi connectivity index (χ1n) is 6.94. The average molecular weight is 462 g/mol. The van der Waals surface area contributed by atoms with E-state index in [1.165, 1.54) is 0 Å². The summed E-state index contributed by atoms with van der Waals surface area (Å²) in [4.78, 5) is 16.6. The summed E-state index contributed by atoms with van der Waals surface area (Å²) in [5, 5.41) is 9.12. The molecule has 1 aliphatic rings. The molecule has 0 saturated carbocycles. The fraction of sp³-hybridized carbons (Fsp3) is 0.467. The molecule has 1 heterocycles. The van der Waals surface area contributed by atoms with Crippen LogP contribution in [-0.4, -0.2) is 47.9 Å². The molecule has 0 N–H and O–H groups in total. The number of nitrogens with zero attached hydrogens (tertiary/aromatic N) is 3. The molecule has 1 fully saturated rings. The molecule has 0 bridgehead atoms. The maximum absolute atomic E-state index is 12.6. The molecule has 4 nitrogen and oxygen atoms in total. The topological polar surface area (TPSA) is 47.3 Å². The molecule has 2 rings (SSSR count). The number of hydrogen-bond donors (Lipinski definition) is 0. The van der Waals surface area contributed by atoms with E-state index in [2.05, 4.69) is 49.5 Å². The van der Waals surface area contributed by atoms with E-state index >= 15 is 0 Å². The fourth-order valence-corrected chi connectivity index (χ4v) is 3.41. The third kappa shape index (κ3) is 3.96. The van der Waals surface area contributed by atoms with Crippen molar-refractivity contribution in [3.05, 3.63) is 31.8 Å². The van der Waals surface area contributed by atoms with Crippen LogP contribution in [0.5, 0.6) is 0 Å². The summed E-state index contributed by atoms with van der Waals surface area (Å²) < 4.78 is 1.88. The fourth-order valence-electron chi connectivity index (χ4n) is 2.50. The van der Waals surface area contributed by atoms with E-state index in [0.717, 1.165) is 27.6 Å². The van der Waals surface area contributed by atoms with E-state index in [9.17, 15) is 4.79 Å². The third-order valence-electron chi connectivity index (χ3n) is 3.74. The smallest absolute Gasteiger partial charge is 0.255 e. The lowest BCUT2D eigenvalue weighted by Crippen LogP contribution is -2.51. The minimum atomic E-state index is -0.0355. The largest absolute Gasteiger partial charge is 0.336 e. The summed E-state index contributed by atoms with van der Waals surface area (Å²) in [7, 11) is 0. The molecule has 1 saturated heterocycles. The van der Waals surface area contributed by atoms with E-state index in [0.29, 0.717) is 18.7 Å². The van der Waals surface area contributed by atoms with Gasteiger partial charge >= 0.3 is 0 Å². The third-order valence-corrected chi connectivity index (χ3v) is 5.10. The van der Waals surface area contributed by atoms with Crippen molar-refractivity contribution in [1.82, 2.24) is 9.80 Å². The highest BCUT2D eigenvalue weighted by Crippen LogP contribution is 2.22. The van der Waals surface area contributed by atoms with Gasteiger partial charge in [-0.15, -0.1) is 0 Å². The molecule has 6 heteroatoms. The van der Waals surface area contributed by atoms with Crippen LogP contribution < -0.4 is 0 Å². The first kappa shape index (κ1) is 16.7. The number of nitriles is 1. The standard InChI is InChI=1S/C15H17BrIN3O/c1-2-12(10-18)19-5-7-20(8-6-19)15(21)13-9-11(17)3-4-14(13)16/h3-4,9,12H,2,5-8H2,1H3. The van der Waals surface area contributed by atoms with Crippen molar-refractivity contribution in [2.45, 2.75) is 19.4 Å². The highest BCUT2D eigenvalue weighted by molar-refractivity contribution is 14.1. The molecule has 0 aromatic heterocycles. The van der Waals surface area contributed by atoms with Gasteiger partial charge in [-0.25, -0.2) is 0 Å². The maximum Gasteiger partial charge on any atom is 0.255 e. The second-order valence-corrected chi connectivity index (χ2v) is 7.11. The molecule has 1 atom stereocenters. The minimum Gasteiger partial charge on any atom is -0.336 e. The van der Waals surface area contributed by atoms with E-state index in [1.54, 1.807) is 0 Å². The van der Waals surface area contributed by atoms with Crippen molar-refractivity contribution in [1.29, 1.82) is 5.26 Å². The molecule has 1 aliphatic heterocycles. The Morgan fingerprint density at radius 1 is 1.43 bits per heavy atom. The van der Waals surface area contributed by atoms with Crippen LogP contribution in [-0.2, 0) is 0 Å². The molecular formula is C15H17BrIN3O. The van der Waals surface area contributed by atoms with Gasteiger partial charge < -0.3 is 4.90 Å². The summed E-state index contributed by atoms with van der Waals surface area (Å²) in [6.45, 7) is 4.90. The number of carbonyl (C=O) groups excluding carboxylic acids is 1. The predicted molar refractivity (Wildman–Crippen MR) is 94.0 cm³/mol. The Bertz CT molecular complexity index is 565. The summed E-state index contributed by atoms with van der Waals surface area (Å²) in [6.07, 6.45) is 0.826. The number of benzene rings is 1. The highest BCUT2D eigenvalue weighted by Gasteiger charge is 2.26. The van der Waals surface area contributed by atoms with Crippen molar-refractivity contribution in [3.63, 3.8) is 0 Å². The zero-order chi connectivity index (χ0) is 15.4. The van der Waals surface area contributed by atoms with Gasteiger partial charge in [0.1, 0.15) is 0 Å². The molecular weight excluding hydrogens is 445 g/mol. The number of amides is 1. The number of piperazine rings is 1. The van der Waals surface area contributed by atoms with Gasteiger partial charge in [0.25, 0.3) is 5.91 Å². The first-order valence-corrected chi connectivity index (χ1v) is 8.82. The maximum atomic E-state index is 12.6. The molecule has 1 amide bonds. The van der Waals surface area contributed by atoms with E-state index in [1.807, 2.05) is 30.0 Å². The summed E-state index contributed by atoms with van der Waals surface area (Å²) in [6, 6.07) is 8.08. The average Bonchev–Trinajstić information content (AvgIpc) is 2.51. The van der Waals surface area contributed by atoms with Crippen molar-refractivity contribution in [2.75, 3.05) is 26.2 Å². The van der Waals surface area contributed by atoms with E-state index < -0.39 is 0 Å². The Labute approximate surface area is 147 Å². The van der Waals surface area contributed by atoms with Crippen LogP contribution in [0.1, 0.15) is 23.7 Å². The van der Waals surface area contributed by atoms with Crippen LogP contribution in [0.4, 0.5) is 0 Å². The zero-order valence-electron chi connectivity index (χ0n) is 11.9. The van der Waals surface area contributed by atoms with Gasteiger partial charge in [0.2, 0.25) is 0 Å². The molecule has 0 spiro atoms. The first-order chi connectivity index (χ1) is 10.1. The molecule has 0 aliphatic carbocycles. The van der Waals surface area contributed by atoms with E-state index in [4.69, 9.17) is 5.26 Å². The molecule has 1 aromatic carbocycles. The van der Waals surface area contributed by atoms with Crippen LogP contribution in [0.3, 0.4) is 0 Å². The monoisotopic (exact) mass is 461 g/mol. The van der Waals surface area contributed by atoms with Crippen LogP contribution in [0.25, 0.3) is 0 Å². The number of halogens is 2. The van der Waals surface area contributed by atoms with Crippen LogP contribution in [0.15, 0.2) is 22.7 Å². The summed E-state index contributed by atoms with van der Waals surface area (Å²) >= 11 is 5.66. The molecule has 1 unspecified atom stereocenters. The van der Waals surface area contributed by atoms with Gasteiger partial charge in [0, 0.05) is 34.2 Å². The van der Waals surface area contributed by atoms with Gasteiger partial charge in [0.05, 0.1) is 17.7 Å². The van der Waals surface area contributed by atoms with Crippen molar-refractivity contribution >= 4 is 44.4 Å². The molecule has 112 valence electrons. The number of hydrogen-bond acceptors (Lipinski definition) is 3. The van der Waals surface area contributed by atoms with Crippen LogP contribution in [0, 0.1) is 14.9 Å². The summed E-state index contributed by atoms with van der Waals surface area (Å²) in [5.41, 5.74) is 0.711. The van der Waals surface area contributed by atoms with Gasteiger partial charge in [-0.05, 0) is 63.1 Å². The Morgan fingerprint density at radius 3 is 2.67 bits per heavy atom. The lowest BCUT2D eigenvalue weighted by molar-refractivity contribution is 0.0603. The normalized spacial score (nSPS) is 17.3. The second-order valence-electron chi connectivity index (χ2n) is 5.01. The number of rotatable bonds is 3. The quantitative estimate of drug-likeness (QED) is 0.650. The molecule has 1 aromatic rings. The van der Waals surface area contributed by atoms with Crippen LogP contribution in [0.2, 0.25) is 0 Å². The Hall–Kier alpha value is -0.650. The van der Waals surface area contributed by atoms with Crippen LogP contribution >= 0.6 is 38.5 Å². The zero-order valence-corrected chi connectivity index (χ0v) is 15.6. The van der Waals surface area contributed by atoms with Gasteiger partial charge in [-0.2, -0.15) is 5.26 Å². The Morgan fingerprint density at radius 2 is 2.10 bits per heavy atom. The van der Waals surface area contributed by atoms with Gasteiger partial charge in [-0.1, -0.05) is 6.92 Å². The van der Waals surface area contributed by atoms with Crippen molar-refractivity contribution < 1.29 is 4.79 Å². The lowest BCUT2D eigenvalue weighted by atomic mass is 10.1. The number of carbonyl (C=O) groups is 1. The van der Waals surface area contributed by atoms with Gasteiger partial charge in [-0.3, -0.25) is 9.69 Å². The lowest BCUT2D eigenvalue weighted by Gasteiger charge is -2.36. The van der Waals surface area contributed by atoms with Crippen molar-refractivity contribution in [3.8, 4) is 6.07 Å². The van der Waals surface area contributed by atoms with E-state index in [-0.39, 0.29) is 11.9 Å². The second kappa shape index (κ2) is 7.56. The SMILES string of the molecule is CCC(C#N)N1CCN(C(=O)c2cc(I)ccc2Br)CC1. The predicted octanol–water partition coefficient (Wildman–Crippen LogP) is 3.11. The summed E-state index contributed by atoms with van der Waals surface area (Å²) in [5.74, 6) is 0.0602. The van der Waals surface area contributed by atoms with Crippen molar-refractivity contribution in [2.24, 2.45) is 0 Å². The Kier molecular flexibility index (Phi) is 6.02.